The van der Waals surface area contributed by atoms with Crippen LogP contribution in [0, 0.1) is 0 Å². The third-order valence-electron chi connectivity index (χ3n) is 2.25. The maximum Gasteiger partial charge on any atom is 0.329 e. The van der Waals surface area contributed by atoms with Gasteiger partial charge in [0.05, 0.1) is 17.8 Å². The maximum absolute atomic E-state index is 11.3. The zero-order chi connectivity index (χ0) is 15.7. The van der Waals surface area contributed by atoms with E-state index in [9.17, 15) is 9.59 Å². The summed E-state index contributed by atoms with van der Waals surface area (Å²) in [5.41, 5.74) is 2.77. The molecule has 6 nitrogen and oxygen atoms in total. The monoisotopic (exact) mass is 309 g/mol. The first-order valence-corrected chi connectivity index (χ1v) is 6.60. The van der Waals surface area contributed by atoms with Gasteiger partial charge in [0.1, 0.15) is 5.75 Å². The Morgan fingerprint density at radius 1 is 1.43 bits per heavy atom. The van der Waals surface area contributed by atoms with Gasteiger partial charge in [0.15, 0.2) is 0 Å². The van der Waals surface area contributed by atoms with Gasteiger partial charge in [0.2, 0.25) is 0 Å². The number of ether oxygens (including phenoxy) is 1. The zero-order valence-electron chi connectivity index (χ0n) is 11.6. The van der Waals surface area contributed by atoms with Crippen molar-refractivity contribution in [2.24, 2.45) is 5.10 Å². The SMILES string of the molecule is C=CCNC(=O)C(=O)N/N=C\c1ccc(OCC)c(Cl)c1. The second-order valence-corrected chi connectivity index (χ2v) is 4.23. The molecule has 2 amide bonds. The van der Waals surface area contributed by atoms with E-state index in [4.69, 9.17) is 16.3 Å². The average molecular weight is 310 g/mol. The summed E-state index contributed by atoms with van der Waals surface area (Å²) >= 11 is 6.01. The van der Waals surface area contributed by atoms with E-state index in [-0.39, 0.29) is 6.54 Å². The minimum Gasteiger partial charge on any atom is -0.492 e. The molecule has 0 radical (unpaired) electrons. The molecule has 0 bridgehead atoms. The number of hydrogen-bond acceptors (Lipinski definition) is 4. The normalized spacial score (nSPS) is 10.2. The molecule has 112 valence electrons. The highest BCUT2D eigenvalue weighted by atomic mass is 35.5. The van der Waals surface area contributed by atoms with Crippen LogP contribution < -0.4 is 15.5 Å². The summed E-state index contributed by atoms with van der Waals surface area (Å²) in [6.45, 7) is 6.01. The fraction of sp³-hybridized carbons (Fsp3) is 0.214. The first-order chi connectivity index (χ1) is 10.1. The fourth-order valence-corrected chi connectivity index (χ4v) is 1.57. The van der Waals surface area contributed by atoms with Crippen molar-refractivity contribution in [3.05, 3.63) is 41.4 Å². The molecule has 2 N–H and O–H groups in total. The standard InChI is InChI=1S/C14H16ClN3O3/c1-3-7-16-13(19)14(20)18-17-9-10-5-6-12(21-4-2)11(15)8-10/h3,5-6,8-9H,1,4,7H2,2H3,(H,16,19)(H,18,20)/b17-9-. The number of hydrazone groups is 1. The van der Waals surface area contributed by atoms with Gasteiger partial charge >= 0.3 is 11.8 Å². The van der Waals surface area contributed by atoms with E-state index < -0.39 is 11.8 Å². The van der Waals surface area contributed by atoms with Crippen molar-refractivity contribution in [1.29, 1.82) is 0 Å². The Labute approximate surface area is 127 Å². The summed E-state index contributed by atoms with van der Waals surface area (Å²) in [7, 11) is 0. The smallest absolute Gasteiger partial charge is 0.329 e. The molecule has 0 aromatic heterocycles. The van der Waals surface area contributed by atoms with Crippen LogP contribution in [0.15, 0.2) is 36.0 Å². The number of carbonyl (C=O) groups excluding carboxylic acids is 2. The average Bonchev–Trinajstić information content (AvgIpc) is 2.47. The molecule has 0 spiro atoms. The Hall–Kier alpha value is -2.34. The van der Waals surface area contributed by atoms with Crippen molar-refractivity contribution in [3.8, 4) is 5.75 Å². The van der Waals surface area contributed by atoms with E-state index in [2.05, 4.69) is 22.4 Å². The van der Waals surface area contributed by atoms with Crippen molar-refractivity contribution >= 4 is 29.6 Å². The topological polar surface area (TPSA) is 79.8 Å². The van der Waals surface area contributed by atoms with Gasteiger partial charge in [-0.1, -0.05) is 17.7 Å². The highest BCUT2D eigenvalue weighted by Gasteiger charge is 2.10. The predicted octanol–water partition coefficient (Wildman–Crippen LogP) is 1.49. The lowest BCUT2D eigenvalue weighted by atomic mass is 10.2. The van der Waals surface area contributed by atoms with Crippen molar-refractivity contribution in [1.82, 2.24) is 10.7 Å². The molecule has 21 heavy (non-hydrogen) atoms. The van der Waals surface area contributed by atoms with E-state index in [1.165, 1.54) is 12.3 Å². The van der Waals surface area contributed by atoms with E-state index in [1.54, 1.807) is 18.2 Å². The van der Waals surface area contributed by atoms with E-state index in [0.717, 1.165) is 0 Å². The molecule has 0 fully saturated rings. The molecular weight excluding hydrogens is 294 g/mol. The minimum absolute atomic E-state index is 0.213. The number of benzene rings is 1. The van der Waals surface area contributed by atoms with Crippen LogP contribution in [0.3, 0.4) is 0 Å². The second-order valence-electron chi connectivity index (χ2n) is 3.82. The van der Waals surface area contributed by atoms with Gasteiger partial charge in [-0.15, -0.1) is 6.58 Å². The van der Waals surface area contributed by atoms with Crippen molar-refractivity contribution in [3.63, 3.8) is 0 Å². The lowest BCUT2D eigenvalue weighted by molar-refractivity contribution is -0.139. The van der Waals surface area contributed by atoms with Gasteiger partial charge in [0, 0.05) is 6.54 Å². The molecule has 0 aliphatic carbocycles. The number of carbonyl (C=O) groups is 2. The lowest BCUT2D eigenvalue weighted by Gasteiger charge is -2.05. The Morgan fingerprint density at radius 3 is 2.81 bits per heavy atom. The summed E-state index contributed by atoms with van der Waals surface area (Å²) < 4.78 is 5.30. The molecule has 0 saturated carbocycles. The van der Waals surface area contributed by atoms with Crippen molar-refractivity contribution in [2.75, 3.05) is 13.2 Å². The van der Waals surface area contributed by atoms with Crippen LogP contribution in [-0.4, -0.2) is 31.2 Å². The second kappa shape index (κ2) is 8.76. The number of rotatable bonds is 6. The molecule has 7 heteroatoms. The summed E-state index contributed by atoms with van der Waals surface area (Å²) in [6, 6.07) is 5.07. The van der Waals surface area contributed by atoms with Gasteiger partial charge in [-0.2, -0.15) is 5.10 Å². The minimum atomic E-state index is -0.856. The first kappa shape index (κ1) is 16.7. The molecule has 0 aliphatic rings. The molecular formula is C14H16ClN3O3. The van der Waals surface area contributed by atoms with Crippen LogP contribution in [0.4, 0.5) is 0 Å². The zero-order valence-corrected chi connectivity index (χ0v) is 12.3. The predicted molar refractivity (Wildman–Crippen MR) is 81.6 cm³/mol. The summed E-state index contributed by atoms with van der Waals surface area (Å²) in [5.74, 6) is -1.06. The Kier molecular flexibility index (Phi) is 6.97. The Bertz CT molecular complexity index is 558. The number of halogens is 1. The Morgan fingerprint density at radius 2 is 2.19 bits per heavy atom. The molecule has 0 unspecified atom stereocenters. The number of nitrogens with one attached hydrogen (secondary N) is 2. The van der Waals surface area contributed by atoms with Crippen LogP contribution in [0.1, 0.15) is 12.5 Å². The van der Waals surface area contributed by atoms with Crippen LogP contribution in [0.25, 0.3) is 0 Å². The summed E-state index contributed by atoms with van der Waals surface area (Å²) in [4.78, 5) is 22.6. The largest absolute Gasteiger partial charge is 0.492 e. The molecule has 1 aromatic rings. The molecule has 1 aromatic carbocycles. The van der Waals surface area contributed by atoms with Gasteiger partial charge in [-0.3, -0.25) is 9.59 Å². The number of amides is 2. The van der Waals surface area contributed by atoms with Crippen LogP contribution in [0.2, 0.25) is 5.02 Å². The molecule has 0 aliphatic heterocycles. The van der Waals surface area contributed by atoms with E-state index in [0.29, 0.717) is 22.9 Å². The highest BCUT2D eigenvalue weighted by molar-refractivity contribution is 6.35. The first-order valence-electron chi connectivity index (χ1n) is 6.23. The van der Waals surface area contributed by atoms with Crippen LogP contribution >= 0.6 is 11.6 Å². The third kappa shape index (κ3) is 5.66. The van der Waals surface area contributed by atoms with Crippen molar-refractivity contribution in [2.45, 2.75) is 6.92 Å². The van der Waals surface area contributed by atoms with Gasteiger partial charge in [0.25, 0.3) is 0 Å². The van der Waals surface area contributed by atoms with Crippen molar-refractivity contribution < 1.29 is 14.3 Å². The third-order valence-corrected chi connectivity index (χ3v) is 2.54. The maximum atomic E-state index is 11.3. The quantitative estimate of drug-likeness (QED) is 0.362. The highest BCUT2D eigenvalue weighted by Crippen LogP contribution is 2.24. The van der Waals surface area contributed by atoms with Crippen LogP contribution in [0.5, 0.6) is 5.75 Å². The summed E-state index contributed by atoms with van der Waals surface area (Å²) in [5, 5.41) is 6.45. The Balaban J connectivity index is 2.57. The number of nitrogens with zero attached hydrogens (tertiary/aromatic N) is 1. The molecule has 0 saturated heterocycles. The molecule has 0 heterocycles. The number of hydrogen-bond donors (Lipinski definition) is 2. The molecule has 0 atom stereocenters. The summed E-state index contributed by atoms with van der Waals surface area (Å²) in [6.07, 6.45) is 2.84. The molecule has 1 rings (SSSR count). The van der Waals surface area contributed by atoms with E-state index in [1.807, 2.05) is 6.92 Å². The van der Waals surface area contributed by atoms with Gasteiger partial charge in [-0.05, 0) is 30.7 Å². The van der Waals surface area contributed by atoms with Gasteiger partial charge in [-0.25, -0.2) is 5.43 Å². The fourth-order valence-electron chi connectivity index (χ4n) is 1.33. The van der Waals surface area contributed by atoms with Gasteiger partial charge < -0.3 is 10.1 Å². The lowest BCUT2D eigenvalue weighted by Crippen LogP contribution is -2.37. The van der Waals surface area contributed by atoms with E-state index >= 15 is 0 Å². The van der Waals surface area contributed by atoms with Crippen LogP contribution in [-0.2, 0) is 9.59 Å².